The summed E-state index contributed by atoms with van der Waals surface area (Å²) in [6.07, 6.45) is 0. The summed E-state index contributed by atoms with van der Waals surface area (Å²) in [6.45, 7) is -0.129. The fourth-order valence-corrected chi connectivity index (χ4v) is 2.26. The normalized spacial score (nSPS) is 10.0. The van der Waals surface area contributed by atoms with Gasteiger partial charge in [0, 0.05) is 4.47 Å². The second-order valence-electron chi connectivity index (χ2n) is 4.57. The van der Waals surface area contributed by atoms with Crippen LogP contribution in [0.25, 0.3) is 0 Å². The van der Waals surface area contributed by atoms with Gasteiger partial charge in [-0.1, -0.05) is 40.2 Å². The molecule has 2 rings (SSSR count). The molecular weight excluding hydrogens is 364 g/mol. The Morgan fingerprint density at radius 1 is 1.09 bits per heavy atom. The highest BCUT2D eigenvalue weighted by molar-refractivity contribution is 9.10. The summed E-state index contributed by atoms with van der Waals surface area (Å²) < 4.78 is 16.0. The first-order valence-corrected chi connectivity index (χ1v) is 7.59. The van der Waals surface area contributed by atoms with Crippen LogP contribution in [0.15, 0.2) is 53.0 Å². The van der Waals surface area contributed by atoms with E-state index in [2.05, 4.69) is 20.7 Å². The molecule has 0 unspecified atom stereocenters. The Kier molecular flexibility index (Phi) is 6.17. The number of ether oxygens (including phenoxy) is 3. The van der Waals surface area contributed by atoms with Gasteiger partial charge in [-0.2, -0.15) is 0 Å². The van der Waals surface area contributed by atoms with Crippen molar-refractivity contribution in [3.8, 4) is 5.75 Å². The van der Waals surface area contributed by atoms with Crippen LogP contribution in [0.2, 0.25) is 0 Å². The van der Waals surface area contributed by atoms with E-state index in [0.717, 1.165) is 10.0 Å². The second-order valence-corrected chi connectivity index (χ2v) is 5.48. The van der Waals surface area contributed by atoms with Crippen molar-refractivity contribution < 1.29 is 23.8 Å². The first kappa shape index (κ1) is 17.0. The third kappa shape index (κ3) is 5.10. The van der Waals surface area contributed by atoms with E-state index in [4.69, 9.17) is 9.47 Å². The molecule has 0 aromatic heterocycles. The highest BCUT2D eigenvalue weighted by Crippen LogP contribution is 2.21. The average Bonchev–Trinajstić information content (AvgIpc) is 2.58. The molecule has 0 aliphatic rings. The monoisotopic (exact) mass is 378 g/mol. The van der Waals surface area contributed by atoms with E-state index < -0.39 is 18.5 Å². The Balaban J connectivity index is 2.05. The topological polar surface area (TPSA) is 61.8 Å². The molecule has 23 heavy (non-hydrogen) atoms. The SMILES string of the molecule is COC(=O)COC(=O)c1ccccc1OCc1cccc(Br)c1. The molecular formula is C17H15BrO5. The van der Waals surface area contributed by atoms with Gasteiger partial charge in [0.15, 0.2) is 6.61 Å². The molecule has 0 amide bonds. The van der Waals surface area contributed by atoms with Crippen molar-refractivity contribution >= 4 is 27.9 Å². The molecule has 0 N–H and O–H groups in total. The van der Waals surface area contributed by atoms with Crippen molar-refractivity contribution in [1.82, 2.24) is 0 Å². The molecule has 2 aromatic carbocycles. The summed E-state index contributed by atoms with van der Waals surface area (Å²) in [5.74, 6) is -0.867. The minimum absolute atomic E-state index is 0.256. The Hall–Kier alpha value is -2.34. The lowest BCUT2D eigenvalue weighted by molar-refractivity contribution is -0.144. The number of carbonyl (C=O) groups is 2. The predicted octanol–water partition coefficient (Wildman–Crippen LogP) is 3.36. The highest BCUT2D eigenvalue weighted by Gasteiger charge is 2.15. The molecule has 6 heteroatoms. The van der Waals surface area contributed by atoms with Crippen LogP contribution >= 0.6 is 15.9 Å². The third-order valence-electron chi connectivity index (χ3n) is 2.94. The quantitative estimate of drug-likeness (QED) is 0.721. The van der Waals surface area contributed by atoms with Gasteiger partial charge in [-0.15, -0.1) is 0 Å². The molecule has 0 aliphatic carbocycles. The van der Waals surface area contributed by atoms with Crippen LogP contribution in [0, 0.1) is 0 Å². The molecule has 0 aliphatic heterocycles. The maximum absolute atomic E-state index is 12.0. The summed E-state index contributed by atoms with van der Waals surface area (Å²) >= 11 is 3.39. The standard InChI is InChI=1S/C17H15BrO5/c1-21-16(19)11-23-17(20)14-7-2-3-8-15(14)22-10-12-5-4-6-13(18)9-12/h2-9H,10-11H2,1H3. The molecule has 0 spiro atoms. The van der Waals surface area contributed by atoms with E-state index in [1.807, 2.05) is 24.3 Å². The number of benzene rings is 2. The molecule has 0 bridgehead atoms. The van der Waals surface area contributed by atoms with Crippen molar-refractivity contribution in [1.29, 1.82) is 0 Å². The summed E-state index contributed by atoms with van der Waals surface area (Å²) in [5, 5.41) is 0. The molecule has 0 saturated carbocycles. The second kappa shape index (κ2) is 8.33. The predicted molar refractivity (Wildman–Crippen MR) is 87.2 cm³/mol. The maximum Gasteiger partial charge on any atom is 0.344 e. The van der Waals surface area contributed by atoms with E-state index in [1.54, 1.807) is 24.3 Å². The van der Waals surface area contributed by atoms with Crippen LogP contribution < -0.4 is 4.74 Å². The van der Waals surface area contributed by atoms with Gasteiger partial charge in [0.2, 0.25) is 0 Å². The number of para-hydroxylation sites is 1. The van der Waals surface area contributed by atoms with E-state index in [-0.39, 0.29) is 5.56 Å². The van der Waals surface area contributed by atoms with Crippen LogP contribution in [0.5, 0.6) is 5.75 Å². The maximum atomic E-state index is 12.0. The molecule has 120 valence electrons. The molecule has 0 heterocycles. The lowest BCUT2D eigenvalue weighted by atomic mass is 10.2. The number of carbonyl (C=O) groups excluding carboxylic acids is 2. The summed E-state index contributed by atoms with van der Waals surface area (Å²) in [7, 11) is 1.23. The van der Waals surface area contributed by atoms with Gasteiger partial charge >= 0.3 is 11.9 Å². The van der Waals surface area contributed by atoms with Crippen molar-refractivity contribution in [3.63, 3.8) is 0 Å². The number of halogens is 1. The highest BCUT2D eigenvalue weighted by atomic mass is 79.9. The van der Waals surface area contributed by atoms with Gasteiger partial charge in [-0.25, -0.2) is 9.59 Å². The minimum Gasteiger partial charge on any atom is -0.488 e. The zero-order valence-electron chi connectivity index (χ0n) is 12.5. The number of esters is 2. The molecule has 0 fully saturated rings. The smallest absolute Gasteiger partial charge is 0.344 e. The van der Waals surface area contributed by atoms with Crippen LogP contribution in [-0.2, 0) is 20.9 Å². The number of hydrogen-bond donors (Lipinski definition) is 0. The molecule has 5 nitrogen and oxygen atoms in total. The summed E-state index contributed by atoms with van der Waals surface area (Å²) in [4.78, 5) is 23.1. The molecule has 0 atom stereocenters. The Morgan fingerprint density at radius 3 is 2.61 bits per heavy atom. The van der Waals surface area contributed by atoms with Gasteiger partial charge < -0.3 is 14.2 Å². The van der Waals surface area contributed by atoms with Gasteiger partial charge in [-0.3, -0.25) is 0 Å². The molecule has 2 aromatic rings. The van der Waals surface area contributed by atoms with Crippen molar-refractivity contribution in [3.05, 3.63) is 64.1 Å². The van der Waals surface area contributed by atoms with Gasteiger partial charge in [0.05, 0.1) is 7.11 Å². The number of methoxy groups -OCH3 is 1. The van der Waals surface area contributed by atoms with Gasteiger partial charge in [0.25, 0.3) is 0 Å². The van der Waals surface area contributed by atoms with Gasteiger partial charge in [-0.05, 0) is 29.8 Å². The Bertz CT molecular complexity index is 699. The fraction of sp³-hybridized carbons (Fsp3) is 0.176. The zero-order chi connectivity index (χ0) is 16.7. The van der Waals surface area contributed by atoms with Crippen LogP contribution in [0.1, 0.15) is 15.9 Å². The largest absolute Gasteiger partial charge is 0.488 e. The zero-order valence-corrected chi connectivity index (χ0v) is 14.0. The van der Waals surface area contributed by atoms with E-state index in [9.17, 15) is 9.59 Å². The summed E-state index contributed by atoms with van der Waals surface area (Å²) in [5.41, 5.74) is 1.21. The van der Waals surface area contributed by atoms with Crippen LogP contribution in [0.3, 0.4) is 0 Å². The fourth-order valence-electron chi connectivity index (χ4n) is 1.81. The minimum atomic E-state index is -0.639. The molecule has 0 radical (unpaired) electrons. The Morgan fingerprint density at radius 2 is 1.87 bits per heavy atom. The van der Waals surface area contributed by atoms with Crippen molar-refractivity contribution in [2.75, 3.05) is 13.7 Å². The lowest BCUT2D eigenvalue weighted by Gasteiger charge is -2.11. The van der Waals surface area contributed by atoms with E-state index in [0.29, 0.717) is 12.4 Å². The van der Waals surface area contributed by atoms with Gasteiger partial charge in [0.1, 0.15) is 17.9 Å². The lowest BCUT2D eigenvalue weighted by Crippen LogP contribution is -2.15. The first-order valence-electron chi connectivity index (χ1n) is 6.80. The first-order chi connectivity index (χ1) is 11.1. The Labute approximate surface area is 142 Å². The number of rotatable bonds is 6. The van der Waals surface area contributed by atoms with E-state index >= 15 is 0 Å². The molecule has 0 saturated heterocycles. The van der Waals surface area contributed by atoms with Crippen LogP contribution in [-0.4, -0.2) is 25.7 Å². The summed E-state index contributed by atoms with van der Waals surface area (Å²) in [6, 6.07) is 14.4. The average molecular weight is 379 g/mol. The van der Waals surface area contributed by atoms with E-state index in [1.165, 1.54) is 7.11 Å². The van der Waals surface area contributed by atoms with Crippen LogP contribution in [0.4, 0.5) is 0 Å². The number of hydrogen-bond acceptors (Lipinski definition) is 5. The van der Waals surface area contributed by atoms with Crippen molar-refractivity contribution in [2.45, 2.75) is 6.61 Å². The van der Waals surface area contributed by atoms with Crippen molar-refractivity contribution in [2.24, 2.45) is 0 Å². The third-order valence-corrected chi connectivity index (χ3v) is 3.43.